The number of ether oxygens (including phenoxy) is 5. The number of fused-ring (bicyclic) bond motifs is 1. The molecule has 3 aliphatic rings. The van der Waals surface area contributed by atoms with E-state index in [-0.39, 0.29) is 24.4 Å². The average molecular weight is 259 g/mol. The van der Waals surface area contributed by atoms with Gasteiger partial charge in [0.25, 0.3) is 0 Å². The van der Waals surface area contributed by atoms with Crippen LogP contribution in [0.1, 0.15) is 27.7 Å². The van der Waals surface area contributed by atoms with Gasteiger partial charge in [-0.05, 0) is 27.7 Å². The molecule has 3 saturated heterocycles. The maximum atomic E-state index is 5.94. The summed E-state index contributed by atoms with van der Waals surface area (Å²) in [6.45, 7) is 8.01. The van der Waals surface area contributed by atoms with Gasteiger partial charge in [-0.15, -0.1) is 0 Å². The van der Waals surface area contributed by atoms with Gasteiger partial charge in [-0.1, -0.05) is 0 Å². The van der Waals surface area contributed by atoms with Crippen molar-refractivity contribution in [2.45, 2.75) is 69.9 Å². The van der Waals surface area contributed by atoms with E-state index in [0.29, 0.717) is 6.61 Å². The molecule has 18 heavy (non-hydrogen) atoms. The summed E-state index contributed by atoms with van der Waals surface area (Å²) in [5.41, 5.74) is 5.94. The summed E-state index contributed by atoms with van der Waals surface area (Å²) < 4.78 is 28.7. The van der Waals surface area contributed by atoms with Gasteiger partial charge in [0.2, 0.25) is 0 Å². The number of hydrogen-bond acceptors (Lipinski definition) is 6. The van der Waals surface area contributed by atoms with Gasteiger partial charge in [0.1, 0.15) is 30.6 Å². The van der Waals surface area contributed by atoms with Gasteiger partial charge in [-0.3, -0.25) is 0 Å². The zero-order valence-corrected chi connectivity index (χ0v) is 11.2. The second kappa shape index (κ2) is 3.88. The minimum Gasteiger partial charge on any atom is -0.352 e. The summed E-state index contributed by atoms with van der Waals surface area (Å²) in [5, 5.41) is 0. The highest BCUT2D eigenvalue weighted by molar-refractivity contribution is 5.00. The molecule has 3 fully saturated rings. The number of hydrogen-bond donors (Lipinski definition) is 1. The third kappa shape index (κ3) is 2.07. The zero-order chi connectivity index (χ0) is 13.1. The quantitative estimate of drug-likeness (QED) is 0.732. The monoisotopic (exact) mass is 259 g/mol. The van der Waals surface area contributed by atoms with Crippen LogP contribution < -0.4 is 5.73 Å². The molecular weight excluding hydrogens is 238 g/mol. The maximum absolute atomic E-state index is 5.94. The van der Waals surface area contributed by atoms with Gasteiger partial charge in [0.15, 0.2) is 11.6 Å². The van der Waals surface area contributed by atoms with Crippen LogP contribution in [-0.4, -0.2) is 48.8 Å². The second-order valence-electron chi connectivity index (χ2n) is 6.00. The molecule has 0 aromatic rings. The Balaban J connectivity index is 1.75. The van der Waals surface area contributed by atoms with Gasteiger partial charge >= 0.3 is 0 Å². The Labute approximate surface area is 107 Å². The molecule has 3 heterocycles. The lowest BCUT2D eigenvalue weighted by atomic mass is 10.1. The predicted molar refractivity (Wildman–Crippen MR) is 61.6 cm³/mol. The molecule has 104 valence electrons. The Kier molecular flexibility index (Phi) is 2.75. The Hall–Kier alpha value is -0.240. The summed E-state index contributed by atoms with van der Waals surface area (Å²) in [6.07, 6.45) is -1.32. The van der Waals surface area contributed by atoms with E-state index in [0.717, 1.165) is 0 Å². The van der Waals surface area contributed by atoms with Crippen molar-refractivity contribution in [3.05, 3.63) is 0 Å². The minimum absolute atomic E-state index is 0.168. The molecule has 0 bridgehead atoms. The van der Waals surface area contributed by atoms with Crippen LogP contribution in [0.4, 0.5) is 0 Å². The Morgan fingerprint density at radius 3 is 2.17 bits per heavy atom. The lowest BCUT2D eigenvalue weighted by molar-refractivity contribution is -0.205. The largest absolute Gasteiger partial charge is 0.352 e. The minimum atomic E-state index is -0.621. The maximum Gasteiger partial charge on any atom is 0.164 e. The summed E-state index contributed by atoms with van der Waals surface area (Å²) in [7, 11) is 0. The zero-order valence-electron chi connectivity index (χ0n) is 11.2. The molecule has 3 unspecified atom stereocenters. The van der Waals surface area contributed by atoms with Crippen molar-refractivity contribution >= 4 is 0 Å². The van der Waals surface area contributed by atoms with Gasteiger partial charge in [0, 0.05) is 0 Å². The van der Waals surface area contributed by atoms with Crippen LogP contribution in [0.2, 0.25) is 0 Å². The van der Waals surface area contributed by atoms with E-state index in [1.54, 1.807) is 0 Å². The molecule has 0 amide bonds. The molecule has 5 atom stereocenters. The SMILES string of the molecule is CC1(C)OCC([C@H]2O[C@H](N)C3OC(C)(C)OC32)O1. The van der Waals surface area contributed by atoms with Gasteiger partial charge in [-0.2, -0.15) is 0 Å². The van der Waals surface area contributed by atoms with Crippen LogP contribution in [0.3, 0.4) is 0 Å². The third-order valence-electron chi connectivity index (χ3n) is 3.52. The highest BCUT2D eigenvalue weighted by Crippen LogP contribution is 2.40. The summed E-state index contributed by atoms with van der Waals surface area (Å²) in [4.78, 5) is 0. The molecule has 6 heteroatoms. The van der Waals surface area contributed by atoms with Crippen molar-refractivity contribution in [3.8, 4) is 0 Å². The van der Waals surface area contributed by atoms with Crippen molar-refractivity contribution in [3.63, 3.8) is 0 Å². The van der Waals surface area contributed by atoms with E-state index in [9.17, 15) is 0 Å². The van der Waals surface area contributed by atoms with Crippen molar-refractivity contribution in [1.29, 1.82) is 0 Å². The molecule has 2 N–H and O–H groups in total. The van der Waals surface area contributed by atoms with E-state index in [4.69, 9.17) is 29.4 Å². The topological polar surface area (TPSA) is 72.2 Å². The van der Waals surface area contributed by atoms with Crippen molar-refractivity contribution in [2.24, 2.45) is 5.73 Å². The molecule has 3 aliphatic heterocycles. The average Bonchev–Trinajstić information content (AvgIpc) is 2.81. The molecule has 0 spiro atoms. The van der Waals surface area contributed by atoms with E-state index < -0.39 is 17.8 Å². The molecule has 0 aromatic carbocycles. The first-order valence-corrected chi connectivity index (χ1v) is 6.36. The molecule has 0 saturated carbocycles. The van der Waals surface area contributed by atoms with E-state index in [1.165, 1.54) is 0 Å². The van der Waals surface area contributed by atoms with Gasteiger partial charge in [0.05, 0.1) is 6.61 Å². The second-order valence-corrected chi connectivity index (χ2v) is 6.00. The molecular formula is C12H21NO5. The highest BCUT2D eigenvalue weighted by atomic mass is 16.8. The Morgan fingerprint density at radius 2 is 1.56 bits per heavy atom. The summed E-state index contributed by atoms with van der Waals surface area (Å²) in [5.74, 6) is -1.20. The van der Waals surface area contributed by atoms with Crippen molar-refractivity contribution in [1.82, 2.24) is 0 Å². The van der Waals surface area contributed by atoms with Crippen molar-refractivity contribution < 1.29 is 23.7 Å². The van der Waals surface area contributed by atoms with Crippen LogP contribution in [0.15, 0.2) is 0 Å². The fraction of sp³-hybridized carbons (Fsp3) is 1.00. The number of nitrogens with two attached hydrogens (primary N) is 1. The molecule has 0 radical (unpaired) electrons. The van der Waals surface area contributed by atoms with Gasteiger partial charge in [-0.25, -0.2) is 0 Å². The van der Waals surface area contributed by atoms with E-state index in [2.05, 4.69) is 0 Å². The first-order valence-electron chi connectivity index (χ1n) is 6.36. The van der Waals surface area contributed by atoms with Crippen LogP contribution in [-0.2, 0) is 23.7 Å². The van der Waals surface area contributed by atoms with Crippen LogP contribution >= 0.6 is 0 Å². The smallest absolute Gasteiger partial charge is 0.164 e. The highest BCUT2D eigenvalue weighted by Gasteiger charge is 2.58. The molecule has 0 aliphatic carbocycles. The van der Waals surface area contributed by atoms with Crippen LogP contribution in [0.5, 0.6) is 0 Å². The van der Waals surface area contributed by atoms with Crippen LogP contribution in [0, 0.1) is 0 Å². The lowest BCUT2D eigenvalue weighted by Gasteiger charge is -2.26. The Bertz CT molecular complexity index is 345. The Morgan fingerprint density at radius 1 is 0.889 bits per heavy atom. The predicted octanol–water partition coefficient (Wildman–Crippen LogP) is 0.342. The first kappa shape index (κ1) is 12.8. The fourth-order valence-electron chi connectivity index (χ4n) is 2.84. The van der Waals surface area contributed by atoms with E-state index >= 15 is 0 Å². The summed E-state index contributed by atoms with van der Waals surface area (Å²) >= 11 is 0. The number of rotatable bonds is 1. The van der Waals surface area contributed by atoms with Gasteiger partial charge < -0.3 is 29.4 Å². The normalized spacial score (nSPS) is 49.5. The van der Waals surface area contributed by atoms with E-state index in [1.807, 2.05) is 27.7 Å². The molecule has 0 aromatic heterocycles. The molecule has 3 rings (SSSR count). The first-order chi connectivity index (χ1) is 8.27. The summed E-state index contributed by atoms with van der Waals surface area (Å²) in [6, 6.07) is 0. The standard InChI is InChI=1S/C12H21NO5/c1-11(2)14-5-6(16-11)7-8-9(10(13)15-7)18-12(3,4)17-8/h6-10H,5,13H2,1-4H3/t6?,7-,8?,9?,10+/m1/s1. The molecule has 6 nitrogen and oxygen atoms in total. The van der Waals surface area contributed by atoms with Crippen molar-refractivity contribution in [2.75, 3.05) is 6.61 Å². The van der Waals surface area contributed by atoms with Crippen LogP contribution in [0.25, 0.3) is 0 Å². The lowest BCUT2D eigenvalue weighted by Crippen LogP contribution is -2.40. The third-order valence-corrected chi connectivity index (χ3v) is 3.52. The fourth-order valence-corrected chi connectivity index (χ4v) is 2.84.